The summed E-state index contributed by atoms with van der Waals surface area (Å²) in [6, 6.07) is 13.9. The van der Waals surface area contributed by atoms with Gasteiger partial charge in [0.05, 0.1) is 0 Å². The minimum absolute atomic E-state index is 0.143. The lowest BCUT2D eigenvalue weighted by molar-refractivity contribution is -0.116. The summed E-state index contributed by atoms with van der Waals surface area (Å²) >= 11 is 0. The Morgan fingerprint density at radius 2 is 1.49 bits per heavy atom. The molecule has 1 spiro atoms. The number of benzene rings is 2. The molecule has 4 N–H and O–H groups in total. The number of nitrogens with zero attached hydrogens (tertiary/aromatic N) is 1. The molecular formula is C42H64N2O5. The first-order chi connectivity index (χ1) is 23.9. The fourth-order valence-corrected chi connectivity index (χ4v) is 8.29. The summed E-state index contributed by atoms with van der Waals surface area (Å²) in [5, 5.41) is 31.5. The molecule has 2 aliphatic heterocycles. The number of carbonyl (C=O) groups excluding carboxylic acids is 1. The smallest absolute Gasteiger partial charge is 0.224 e. The van der Waals surface area contributed by atoms with Gasteiger partial charge >= 0.3 is 0 Å². The van der Waals surface area contributed by atoms with E-state index in [1.54, 1.807) is 6.07 Å². The van der Waals surface area contributed by atoms with Crippen molar-refractivity contribution in [2.75, 3.05) is 25.5 Å². The van der Waals surface area contributed by atoms with Crippen molar-refractivity contribution in [3.8, 4) is 11.5 Å². The number of rotatable bonds is 16. The van der Waals surface area contributed by atoms with Gasteiger partial charge in [0.15, 0.2) is 11.5 Å². The Kier molecular flexibility index (Phi) is 16.0. The van der Waals surface area contributed by atoms with Crippen molar-refractivity contribution < 1.29 is 24.9 Å². The topological polar surface area (TPSA) is 102 Å². The van der Waals surface area contributed by atoms with Crippen LogP contribution in [0.25, 0.3) is 0 Å². The van der Waals surface area contributed by atoms with Gasteiger partial charge in [-0.2, -0.15) is 0 Å². The molecule has 272 valence electrons. The summed E-state index contributed by atoms with van der Waals surface area (Å²) in [4.78, 5) is 14.2. The first-order valence-electron chi connectivity index (χ1n) is 19.4. The molecule has 1 fully saturated rings. The van der Waals surface area contributed by atoms with Gasteiger partial charge in [-0.25, -0.2) is 0 Å². The number of ether oxygens (including phenoxy) is 1. The van der Waals surface area contributed by atoms with Crippen LogP contribution in [-0.4, -0.2) is 64.6 Å². The third-order valence-corrected chi connectivity index (χ3v) is 10.9. The van der Waals surface area contributed by atoms with E-state index in [1.165, 1.54) is 88.2 Å². The summed E-state index contributed by atoms with van der Waals surface area (Å²) < 4.78 is 6.09. The molecule has 49 heavy (non-hydrogen) atoms. The van der Waals surface area contributed by atoms with Crippen LogP contribution in [0.2, 0.25) is 0 Å². The Balaban J connectivity index is 0.000000200. The molecule has 0 saturated carbocycles. The zero-order valence-corrected chi connectivity index (χ0v) is 30.5. The highest BCUT2D eigenvalue weighted by Crippen LogP contribution is 2.62. The van der Waals surface area contributed by atoms with E-state index < -0.39 is 6.10 Å². The number of aromatic hydroxyl groups is 1. The number of piperidine rings is 1. The van der Waals surface area contributed by atoms with Gasteiger partial charge in [-0.15, -0.1) is 0 Å². The SMILES string of the molecule is CCCCCCCCCCCCCCCC(=O)Nc1ccccc1.CCCO.CN1CC[C@]23c4c5ccc(O)c4O[C@H]2[C@@H](O)C=C[C@H]3[C@H]1C5. The lowest BCUT2D eigenvalue weighted by atomic mass is 9.53. The van der Waals surface area contributed by atoms with Crippen LogP contribution in [-0.2, 0) is 16.6 Å². The number of unbranched alkanes of at least 4 members (excludes halogenated alkanes) is 12. The minimum atomic E-state index is -0.594. The van der Waals surface area contributed by atoms with Gasteiger partial charge in [0, 0.05) is 41.7 Å². The van der Waals surface area contributed by atoms with Crippen molar-refractivity contribution in [1.29, 1.82) is 0 Å². The lowest BCUT2D eigenvalue weighted by Gasteiger charge is -2.56. The third-order valence-electron chi connectivity index (χ3n) is 10.9. The highest BCUT2D eigenvalue weighted by molar-refractivity contribution is 5.90. The molecule has 2 aromatic rings. The van der Waals surface area contributed by atoms with Crippen LogP contribution in [0, 0.1) is 5.92 Å². The van der Waals surface area contributed by atoms with Crippen LogP contribution in [0.5, 0.6) is 11.5 Å². The first kappa shape index (κ1) is 38.9. The van der Waals surface area contributed by atoms with E-state index in [2.05, 4.69) is 30.3 Å². The average Bonchev–Trinajstić information content (AvgIpc) is 3.47. The number of phenolic OH excluding ortho intramolecular Hbond substituents is 1. The average molecular weight is 677 g/mol. The summed E-state index contributed by atoms with van der Waals surface area (Å²) in [5.41, 5.74) is 3.19. The standard InChI is InChI=1S/C22H37NO.C17H19NO3.C3H8O/c1-2-3-4-5-6-7-8-9-10-11-12-13-17-20-22(24)23-21-18-15-14-16-19-21;1-18-7-6-17-10-3-5-13(20)16(17)21-15-12(19)4-2-9(14(15)17)8-11(10)18;1-2-3-4/h14-16,18-19H,2-13,17,20H2,1H3,(H,23,24);2-5,10-11,13,16,19-20H,6-8H2,1H3;4H,2-3H2,1H3/t;10-,11+,13-,16-,17-;/m.0./s1. The number of carbonyl (C=O) groups is 1. The first-order valence-corrected chi connectivity index (χ1v) is 19.4. The highest BCUT2D eigenvalue weighted by Gasteiger charge is 2.64. The Morgan fingerprint density at radius 1 is 0.878 bits per heavy atom. The molecule has 6 rings (SSSR count). The van der Waals surface area contributed by atoms with Crippen molar-refractivity contribution in [1.82, 2.24) is 4.90 Å². The van der Waals surface area contributed by atoms with E-state index in [1.807, 2.05) is 49.4 Å². The molecule has 2 aliphatic carbocycles. The maximum Gasteiger partial charge on any atom is 0.224 e. The van der Waals surface area contributed by atoms with Crippen LogP contribution in [0.4, 0.5) is 5.69 Å². The second-order valence-corrected chi connectivity index (χ2v) is 14.6. The van der Waals surface area contributed by atoms with Crippen LogP contribution in [0.1, 0.15) is 128 Å². The van der Waals surface area contributed by atoms with Gasteiger partial charge in [-0.3, -0.25) is 4.79 Å². The number of hydrogen-bond acceptors (Lipinski definition) is 6. The second-order valence-electron chi connectivity index (χ2n) is 14.6. The summed E-state index contributed by atoms with van der Waals surface area (Å²) in [7, 11) is 2.19. The predicted octanol–water partition coefficient (Wildman–Crippen LogP) is 8.69. The van der Waals surface area contributed by atoms with Crippen molar-refractivity contribution in [3.63, 3.8) is 0 Å². The molecule has 5 atom stereocenters. The van der Waals surface area contributed by atoms with Gasteiger partial charge < -0.3 is 30.3 Å². The maximum absolute atomic E-state index is 11.8. The Bertz CT molecular complexity index is 1300. The van der Waals surface area contributed by atoms with Crippen LogP contribution in [0.3, 0.4) is 0 Å². The quantitative estimate of drug-likeness (QED) is 0.105. The number of aliphatic hydroxyl groups excluding tert-OH is 2. The lowest BCUT2D eigenvalue weighted by Crippen LogP contribution is -2.64. The number of para-hydroxylation sites is 1. The largest absolute Gasteiger partial charge is 0.504 e. The second kappa shape index (κ2) is 20.1. The molecule has 7 heteroatoms. The number of anilines is 1. The van der Waals surface area contributed by atoms with Crippen molar-refractivity contribution in [2.45, 2.75) is 147 Å². The van der Waals surface area contributed by atoms with E-state index in [9.17, 15) is 15.0 Å². The van der Waals surface area contributed by atoms with Crippen molar-refractivity contribution in [2.24, 2.45) is 5.92 Å². The number of likely N-dealkylation sites (tertiary alicyclic amines) is 1. The molecule has 0 unspecified atom stereocenters. The van der Waals surface area contributed by atoms with E-state index >= 15 is 0 Å². The van der Waals surface area contributed by atoms with Gasteiger partial charge in [-0.1, -0.05) is 127 Å². The number of likely N-dealkylation sites (N-methyl/N-ethyl adjacent to an activating group) is 1. The van der Waals surface area contributed by atoms with Gasteiger partial charge in [0.2, 0.25) is 5.91 Å². The van der Waals surface area contributed by atoms with E-state index in [-0.39, 0.29) is 23.2 Å². The molecule has 4 aliphatic rings. The molecule has 1 saturated heterocycles. The molecule has 2 heterocycles. The van der Waals surface area contributed by atoms with Crippen LogP contribution in [0.15, 0.2) is 54.6 Å². The molecule has 7 nitrogen and oxygen atoms in total. The van der Waals surface area contributed by atoms with E-state index in [4.69, 9.17) is 9.84 Å². The third kappa shape index (κ3) is 10.1. The normalized spacial score (nSPS) is 24.1. The predicted molar refractivity (Wildman–Crippen MR) is 200 cm³/mol. The fourth-order valence-electron chi connectivity index (χ4n) is 8.29. The van der Waals surface area contributed by atoms with Gasteiger partial charge in [0.25, 0.3) is 0 Å². The fraction of sp³-hybridized carbons (Fsp3) is 0.643. The monoisotopic (exact) mass is 676 g/mol. The number of nitrogens with one attached hydrogen (secondary N) is 1. The van der Waals surface area contributed by atoms with E-state index in [0.29, 0.717) is 30.7 Å². The van der Waals surface area contributed by atoms with Gasteiger partial charge in [-0.05, 0) is 63.0 Å². The number of phenols is 1. The van der Waals surface area contributed by atoms with Crippen molar-refractivity contribution >= 4 is 11.6 Å². The van der Waals surface area contributed by atoms with Crippen LogP contribution < -0.4 is 10.1 Å². The highest BCUT2D eigenvalue weighted by atomic mass is 16.5. The zero-order chi connectivity index (χ0) is 35.1. The Labute approximate surface area is 296 Å². The van der Waals surface area contributed by atoms with Crippen molar-refractivity contribution in [3.05, 3.63) is 65.7 Å². The molecule has 2 aromatic carbocycles. The molecule has 2 bridgehead atoms. The summed E-state index contributed by atoms with van der Waals surface area (Å²) in [5.74, 6) is 1.33. The maximum atomic E-state index is 11.8. The van der Waals surface area contributed by atoms with Gasteiger partial charge in [0.1, 0.15) is 12.2 Å². The van der Waals surface area contributed by atoms with Crippen LogP contribution >= 0.6 is 0 Å². The number of aliphatic hydroxyl groups is 2. The Hall–Kier alpha value is -2.87. The summed E-state index contributed by atoms with van der Waals surface area (Å²) in [6.45, 7) is 5.53. The molecule has 0 radical (unpaired) electrons. The molecular weight excluding hydrogens is 612 g/mol. The molecule has 1 amide bonds. The zero-order valence-electron chi connectivity index (χ0n) is 30.5. The minimum Gasteiger partial charge on any atom is -0.504 e. The summed E-state index contributed by atoms with van der Waals surface area (Å²) in [6.07, 6.45) is 24.1. The number of amides is 1. The van der Waals surface area contributed by atoms with E-state index in [0.717, 1.165) is 37.9 Å². The number of hydrogen-bond donors (Lipinski definition) is 4. The Morgan fingerprint density at radius 3 is 2.10 bits per heavy atom. The molecule has 0 aromatic heterocycles.